The zero-order valence-corrected chi connectivity index (χ0v) is 26.9. The van der Waals surface area contributed by atoms with Gasteiger partial charge in [-0.15, -0.1) is 0 Å². The number of likely N-dealkylation sites (N-methyl/N-ethyl adjacent to an activating group) is 1. The van der Waals surface area contributed by atoms with Crippen LogP contribution >= 0.6 is 11.3 Å². The molecule has 0 unspecified atom stereocenters. The van der Waals surface area contributed by atoms with Crippen LogP contribution in [0, 0.1) is 5.92 Å². The Morgan fingerprint density at radius 3 is 2.63 bits per heavy atom. The van der Waals surface area contributed by atoms with Gasteiger partial charge in [0, 0.05) is 32.6 Å². The average Bonchev–Trinajstić information content (AvgIpc) is 3.61. The minimum absolute atomic E-state index is 0.00512. The van der Waals surface area contributed by atoms with Crippen molar-refractivity contribution >= 4 is 42.8 Å². The average molecular weight is 634 g/mol. The monoisotopic (exact) mass is 633 g/mol. The summed E-state index contributed by atoms with van der Waals surface area (Å²) in [4.78, 5) is 19.5. The largest absolute Gasteiger partial charge is 0.444 e. The molecule has 1 aromatic heterocycles. The lowest BCUT2D eigenvalue weighted by molar-refractivity contribution is 0.0644. The molecule has 4 rings (SSSR count). The van der Waals surface area contributed by atoms with Crippen LogP contribution in [-0.4, -0.2) is 106 Å². The normalized spacial score (nSPS) is 17.1. The van der Waals surface area contributed by atoms with Gasteiger partial charge in [0.1, 0.15) is 6.10 Å². The molecule has 3 N–H and O–H groups in total. The highest BCUT2D eigenvalue weighted by molar-refractivity contribution is 7.89. The van der Waals surface area contributed by atoms with E-state index in [1.165, 1.54) is 15.6 Å². The van der Waals surface area contributed by atoms with Crippen LogP contribution in [0.4, 0.5) is 9.93 Å². The molecule has 1 saturated heterocycles. The maximum Gasteiger partial charge on any atom is 0.407 e. The number of benzene rings is 2. The maximum absolute atomic E-state index is 14.0. The third kappa shape index (κ3) is 9.59. The van der Waals surface area contributed by atoms with Crippen molar-refractivity contribution < 1.29 is 27.8 Å². The minimum Gasteiger partial charge on any atom is -0.444 e. The van der Waals surface area contributed by atoms with Crippen molar-refractivity contribution in [3.8, 4) is 0 Å². The van der Waals surface area contributed by atoms with Gasteiger partial charge >= 0.3 is 6.09 Å². The molecular formula is C30H43N5O6S2. The minimum atomic E-state index is -3.99. The van der Waals surface area contributed by atoms with Gasteiger partial charge in [-0.1, -0.05) is 55.5 Å². The number of nitrogens with one attached hydrogen (secondary N) is 2. The Bertz CT molecular complexity index is 1430. The van der Waals surface area contributed by atoms with Gasteiger partial charge in [0.25, 0.3) is 0 Å². The first-order valence-corrected chi connectivity index (χ1v) is 16.8. The SMILES string of the molecule is CC(C)CN(C[C@@H](O)[C@H](Cc1ccccc1)NC(=O)O[C@H]1CCOC1)S(=O)(=O)c1ccc2nc(NCCN(C)C)sc2c1. The molecule has 0 radical (unpaired) electrons. The number of hydrogen-bond acceptors (Lipinski definition) is 10. The number of anilines is 1. The number of aliphatic hydroxyl groups excluding tert-OH is 1. The molecule has 3 aromatic rings. The number of fused-ring (bicyclic) bond motifs is 1. The lowest BCUT2D eigenvalue weighted by Gasteiger charge is -2.30. The molecule has 0 aliphatic carbocycles. The first-order chi connectivity index (χ1) is 20.5. The van der Waals surface area contributed by atoms with Crippen molar-refractivity contribution in [1.29, 1.82) is 0 Å². The quantitative estimate of drug-likeness (QED) is 0.230. The second-order valence-corrected chi connectivity index (χ2v) is 14.5. The topological polar surface area (TPSA) is 133 Å². The highest BCUT2D eigenvalue weighted by Gasteiger charge is 2.32. The Kier molecular flexibility index (Phi) is 11.7. The maximum atomic E-state index is 14.0. The summed E-state index contributed by atoms with van der Waals surface area (Å²) in [5.74, 6) is -0.00512. The number of thiazole rings is 1. The predicted octanol–water partition coefficient (Wildman–Crippen LogP) is 3.40. The van der Waals surface area contributed by atoms with Crippen LogP contribution in [0.25, 0.3) is 10.2 Å². The van der Waals surface area contributed by atoms with Crippen LogP contribution in [0.3, 0.4) is 0 Å². The highest BCUT2D eigenvalue weighted by atomic mass is 32.2. The first kappa shape index (κ1) is 33.1. The summed E-state index contributed by atoms with van der Waals surface area (Å²) in [6, 6.07) is 13.5. The van der Waals surface area contributed by atoms with Crippen LogP contribution < -0.4 is 10.6 Å². The number of sulfonamides is 1. The summed E-state index contributed by atoms with van der Waals surface area (Å²) < 4.78 is 40.8. The summed E-state index contributed by atoms with van der Waals surface area (Å²) >= 11 is 1.40. The molecule has 1 aliphatic heterocycles. The van der Waals surface area contributed by atoms with Crippen molar-refractivity contribution in [2.24, 2.45) is 5.92 Å². The number of rotatable bonds is 15. The molecule has 1 amide bonds. The molecule has 3 atom stereocenters. The van der Waals surface area contributed by atoms with Gasteiger partial charge in [0.05, 0.1) is 40.5 Å². The number of amides is 1. The summed E-state index contributed by atoms with van der Waals surface area (Å²) in [6.45, 7) is 6.26. The van der Waals surface area contributed by atoms with Gasteiger partial charge in [-0.2, -0.15) is 4.31 Å². The van der Waals surface area contributed by atoms with Gasteiger partial charge in [0.15, 0.2) is 5.13 Å². The lowest BCUT2D eigenvalue weighted by Crippen LogP contribution is -2.51. The Morgan fingerprint density at radius 2 is 1.95 bits per heavy atom. The van der Waals surface area contributed by atoms with Gasteiger partial charge in [-0.05, 0) is 50.2 Å². The highest BCUT2D eigenvalue weighted by Crippen LogP contribution is 2.29. The third-order valence-corrected chi connectivity index (χ3v) is 9.82. The first-order valence-electron chi connectivity index (χ1n) is 14.6. The van der Waals surface area contributed by atoms with Crippen molar-refractivity contribution in [3.63, 3.8) is 0 Å². The molecule has 0 bridgehead atoms. The molecule has 0 saturated carbocycles. The number of nitrogens with zero attached hydrogens (tertiary/aromatic N) is 3. The molecule has 43 heavy (non-hydrogen) atoms. The van der Waals surface area contributed by atoms with E-state index < -0.39 is 28.3 Å². The summed E-state index contributed by atoms with van der Waals surface area (Å²) in [5.41, 5.74) is 1.60. The molecule has 2 heterocycles. The third-order valence-electron chi connectivity index (χ3n) is 7.02. The van der Waals surface area contributed by atoms with Crippen molar-refractivity contribution in [3.05, 3.63) is 54.1 Å². The van der Waals surface area contributed by atoms with E-state index >= 15 is 0 Å². The van der Waals surface area contributed by atoms with E-state index in [-0.39, 0.29) is 30.0 Å². The number of carbonyl (C=O) groups is 1. The molecule has 13 heteroatoms. The van der Waals surface area contributed by atoms with E-state index in [9.17, 15) is 18.3 Å². The number of carbonyl (C=O) groups excluding carboxylic acids is 1. The Hall–Kier alpha value is -2.81. The number of hydrogen-bond donors (Lipinski definition) is 3. The van der Waals surface area contributed by atoms with E-state index in [4.69, 9.17) is 9.47 Å². The van der Waals surface area contributed by atoms with Crippen LogP contribution in [0.15, 0.2) is 53.4 Å². The summed E-state index contributed by atoms with van der Waals surface area (Å²) in [5, 5.41) is 18.3. The molecule has 2 aromatic carbocycles. The molecule has 1 aliphatic rings. The van der Waals surface area contributed by atoms with Gasteiger partial charge < -0.3 is 30.1 Å². The molecule has 1 fully saturated rings. The van der Waals surface area contributed by atoms with Crippen LogP contribution in [0.1, 0.15) is 25.8 Å². The molecule has 0 spiro atoms. The van der Waals surface area contributed by atoms with Crippen LogP contribution in [0.5, 0.6) is 0 Å². The fourth-order valence-corrected chi connectivity index (χ4v) is 7.44. The predicted molar refractivity (Wildman–Crippen MR) is 169 cm³/mol. The van der Waals surface area contributed by atoms with Crippen molar-refractivity contribution in [2.75, 3.05) is 58.8 Å². The molecular weight excluding hydrogens is 590 g/mol. The number of ether oxygens (including phenoxy) is 2. The number of aliphatic hydroxyl groups is 1. The standard InChI is InChI=1S/C30H43N5O6S2/c1-21(2)18-35(43(38,39)24-10-11-25-28(17-24)42-29(32-25)31-13-14-34(3)4)19-27(36)26(16-22-8-6-5-7-9-22)33-30(37)41-23-12-15-40-20-23/h5-11,17,21,23,26-27,36H,12-16,18-20H2,1-4H3,(H,31,32)(H,33,37)/t23-,26-,27+/m0/s1. The van der Waals surface area contributed by atoms with E-state index in [1.54, 1.807) is 18.2 Å². The van der Waals surface area contributed by atoms with Crippen LogP contribution in [-0.2, 0) is 25.9 Å². The summed E-state index contributed by atoms with van der Waals surface area (Å²) in [6.07, 6.45) is -1.32. The molecule has 11 nitrogen and oxygen atoms in total. The Balaban J connectivity index is 1.53. The molecule has 236 valence electrons. The van der Waals surface area contributed by atoms with Crippen LogP contribution in [0.2, 0.25) is 0 Å². The number of aromatic nitrogens is 1. The van der Waals surface area contributed by atoms with Gasteiger partial charge in [0.2, 0.25) is 10.0 Å². The van der Waals surface area contributed by atoms with E-state index in [2.05, 4.69) is 20.5 Å². The summed E-state index contributed by atoms with van der Waals surface area (Å²) in [7, 11) is -0.00132. The van der Waals surface area contributed by atoms with Crippen molar-refractivity contribution in [1.82, 2.24) is 19.5 Å². The zero-order chi connectivity index (χ0) is 31.0. The second kappa shape index (κ2) is 15.3. The fourth-order valence-electron chi connectivity index (χ4n) is 4.78. The smallest absolute Gasteiger partial charge is 0.407 e. The van der Waals surface area contributed by atoms with E-state index in [1.807, 2.05) is 58.3 Å². The Morgan fingerprint density at radius 1 is 1.19 bits per heavy atom. The zero-order valence-electron chi connectivity index (χ0n) is 25.2. The van der Waals surface area contributed by atoms with E-state index in [0.717, 1.165) is 28.5 Å². The number of alkyl carbamates (subject to hydrolysis) is 1. The van der Waals surface area contributed by atoms with Crippen molar-refractivity contribution in [2.45, 2.75) is 49.8 Å². The van der Waals surface area contributed by atoms with Gasteiger partial charge in [-0.3, -0.25) is 0 Å². The van der Waals surface area contributed by atoms with E-state index in [0.29, 0.717) is 31.6 Å². The second-order valence-electron chi connectivity index (χ2n) is 11.5. The Labute approximate surface area is 258 Å². The lowest BCUT2D eigenvalue weighted by atomic mass is 10.0. The fraction of sp³-hybridized carbons (Fsp3) is 0.533. The van der Waals surface area contributed by atoms with Gasteiger partial charge in [-0.25, -0.2) is 18.2 Å².